The lowest BCUT2D eigenvalue weighted by Crippen LogP contribution is -2.02. The topological polar surface area (TPSA) is 12.0 Å². The number of hydrogen-bond acceptors (Lipinski definition) is 1. The van der Waals surface area contributed by atoms with E-state index in [2.05, 4.69) is 47.8 Å². The van der Waals surface area contributed by atoms with Crippen molar-refractivity contribution in [2.45, 2.75) is 19.8 Å². The molecule has 0 atom stereocenters. The largest absolute Gasteiger partial charge is 0.388 e. The molecule has 1 N–H and O–H groups in total. The molecule has 0 bridgehead atoms. The van der Waals surface area contributed by atoms with Crippen LogP contribution in [0, 0.1) is 0 Å². The van der Waals surface area contributed by atoms with Gasteiger partial charge in [0.2, 0.25) is 0 Å². The maximum atomic E-state index is 3.15. The van der Waals surface area contributed by atoms with Gasteiger partial charge in [0.15, 0.2) is 0 Å². The van der Waals surface area contributed by atoms with Crippen LogP contribution in [-0.2, 0) is 0 Å². The molecule has 0 fully saturated rings. The van der Waals surface area contributed by atoms with Crippen LogP contribution in [0.3, 0.4) is 0 Å². The minimum atomic E-state index is 1.03. The van der Waals surface area contributed by atoms with Crippen molar-refractivity contribution in [3.63, 3.8) is 0 Å². The molecule has 1 aliphatic rings. The van der Waals surface area contributed by atoms with Gasteiger partial charge in [0, 0.05) is 12.7 Å². The fourth-order valence-electron chi connectivity index (χ4n) is 1.41. The van der Waals surface area contributed by atoms with E-state index < -0.39 is 0 Å². The van der Waals surface area contributed by atoms with E-state index in [1.807, 2.05) is 20.0 Å². The predicted octanol–water partition coefficient (Wildman–Crippen LogP) is 3.50. The summed E-state index contributed by atoms with van der Waals surface area (Å²) in [5.41, 5.74) is 2.64. The van der Waals surface area contributed by atoms with Crippen molar-refractivity contribution in [3.05, 3.63) is 59.9 Å². The Morgan fingerprint density at radius 3 is 3.00 bits per heavy atom. The third-order valence-electron chi connectivity index (χ3n) is 2.30. The maximum absolute atomic E-state index is 3.15. The lowest BCUT2D eigenvalue weighted by molar-refractivity contribution is 1.01. The van der Waals surface area contributed by atoms with Crippen LogP contribution in [0.2, 0.25) is 0 Å². The average Bonchev–Trinajstić information content (AvgIpc) is 2.49. The normalized spacial score (nSPS) is 16.7. The summed E-state index contributed by atoms with van der Waals surface area (Å²) in [4.78, 5) is 0. The molecule has 15 heavy (non-hydrogen) atoms. The quantitative estimate of drug-likeness (QED) is 0.686. The molecule has 0 heterocycles. The van der Waals surface area contributed by atoms with Crippen LogP contribution in [0.5, 0.6) is 0 Å². The molecule has 0 radical (unpaired) electrons. The molecule has 0 amide bonds. The Labute approximate surface area is 92.6 Å². The second-order valence-electron chi connectivity index (χ2n) is 3.46. The third-order valence-corrected chi connectivity index (χ3v) is 2.30. The van der Waals surface area contributed by atoms with Gasteiger partial charge in [-0.05, 0) is 25.8 Å². The Morgan fingerprint density at radius 2 is 2.27 bits per heavy atom. The van der Waals surface area contributed by atoms with E-state index >= 15 is 0 Å². The maximum Gasteiger partial charge on any atom is 0.0300 e. The predicted molar refractivity (Wildman–Crippen MR) is 67.6 cm³/mol. The van der Waals surface area contributed by atoms with Gasteiger partial charge in [0.25, 0.3) is 0 Å². The van der Waals surface area contributed by atoms with E-state index in [-0.39, 0.29) is 0 Å². The number of rotatable bonds is 4. The molecular formula is C14H19N. The van der Waals surface area contributed by atoms with Gasteiger partial charge in [-0.2, -0.15) is 0 Å². The monoisotopic (exact) mass is 201 g/mol. The first-order chi connectivity index (χ1) is 7.36. The Hall–Kier alpha value is -1.50. The molecule has 0 unspecified atom stereocenters. The van der Waals surface area contributed by atoms with E-state index in [0.717, 1.165) is 12.8 Å². The van der Waals surface area contributed by atoms with Crippen molar-refractivity contribution in [2.24, 2.45) is 0 Å². The first-order valence-electron chi connectivity index (χ1n) is 5.38. The number of nitrogens with one attached hydrogen (secondary N) is 1. The van der Waals surface area contributed by atoms with Gasteiger partial charge < -0.3 is 5.32 Å². The molecule has 0 aromatic rings. The zero-order valence-electron chi connectivity index (χ0n) is 9.53. The Kier molecular flexibility index (Phi) is 5.31. The molecule has 0 saturated heterocycles. The highest BCUT2D eigenvalue weighted by molar-refractivity contribution is 5.30. The summed E-state index contributed by atoms with van der Waals surface area (Å²) in [6.45, 7) is 2.03. The average molecular weight is 201 g/mol. The molecule has 0 spiro atoms. The van der Waals surface area contributed by atoms with Crippen LogP contribution < -0.4 is 5.32 Å². The van der Waals surface area contributed by atoms with Crippen LogP contribution >= 0.6 is 0 Å². The van der Waals surface area contributed by atoms with Gasteiger partial charge in [0.05, 0.1) is 0 Å². The minimum absolute atomic E-state index is 1.03. The summed E-state index contributed by atoms with van der Waals surface area (Å²) >= 11 is 0. The number of allylic oxidation sites excluding steroid dienone is 9. The molecular weight excluding hydrogens is 182 g/mol. The molecule has 0 aliphatic heterocycles. The van der Waals surface area contributed by atoms with Gasteiger partial charge in [-0.3, -0.25) is 0 Å². The highest BCUT2D eigenvalue weighted by Crippen LogP contribution is 2.14. The molecule has 0 aromatic carbocycles. The fourth-order valence-corrected chi connectivity index (χ4v) is 1.41. The van der Waals surface area contributed by atoms with Gasteiger partial charge in [0.1, 0.15) is 0 Å². The van der Waals surface area contributed by atoms with Gasteiger partial charge >= 0.3 is 0 Å². The van der Waals surface area contributed by atoms with Gasteiger partial charge in [-0.15, -0.1) is 0 Å². The molecule has 1 rings (SSSR count). The first-order valence-corrected chi connectivity index (χ1v) is 5.38. The molecule has 0 saturated carbocycles. The van der Waals surface area contributed by atoms with Crippen molar-refractivity contribution in [1.29, 1.82) is 0 Å². The van der Waals surface area contributed by atoms with Gasteiger partial charge in [-0.25, -0.2) is 0 Å². The van der Waals surface area contributed by atoms with E-state index in [1.54, 1.807) is 0 Å². The van der Waals surface area contributed by atoms with Crippen molar-refractivity contribution < 1.29 is 0 Å². The van der Waals surface area contributed by atoms with Crippen molar-refractivity contribution in [3.8, 4) is 0 Å². The van der Waals surface area contributed by atoms with Gasteiger partial charge in [-0.1, -0.05) is 48.1 Å². The SMILES string of the molecule is C/C=C\C=C/CC1=CC=CC(NC)=CC1. The summed E-state index contributed by atoms with van der Waals surface area (Å²) in [7, 11) is 1.95. The van der Waals surface area contributed by atoms with Crippen molar-refractivity contribution >= 4 is 0 Å². The Bertz CT molecular complexity index is 327. The Balaban J connectivity index is 2.48. The standard InChI is InChI=1S/C14H19N/c1-3-4-5-6-8-13-9-7-10-14(15-2)12-11-13/h3-7,9-10,12,15H,8,11H2,1-2H3/b4-3-,6-5-. The molecule has 1 nitrogen and oxygen atoms in total. The summed E-state index contributed by atoms with van der Waals surface area (Å²) in [5.74, 6) is 0. The van der Waals surface area contributed by atoms with Crippen molar-refractivity contribution in [2.75, 3.05) is 7.05 Å². The minimum Gasteiger partial charge on any atom is -0.388 e. The zero-order valence-corrected chi connectivity index (χ0v) is 9.53. The first kappa shape index (κ1) is 11.6. The lowest BCUT2D eigenvalue weighted by Gasteiger charge is -1.99. The van der Waals surface area contributed by atoms with E-state index in [0.29, 0.717) is 0 Å². The lowest BCUT2D eigenvalue weighted by atomic mass is 10.1. The zero-order chi connectivity index (χ0) is 10.9. The van der Waals surface area contributed by atoms with E-state index in [4.69, 9.17) is 0 Å². The second kappa shape index (κ2) is 6.88. The summed E-state index contributed by atoms with van der Waals surface area (Å²) in [6.07, 6.45) is 19.1. The number of hydrogen-bond donors (Lipinski definition) is 1. The molecule has 0 aromatic heterocycles. The summed E-state index contributed by atoms with van der Waals surface area (Å²) < 4.78 is 0. The molecule has 1 aliphatic carbocycles. The molecule has 1 heteroatoms. The second-order valence-corrected chi connectivity index (χ2v) is 3.46. The van der Waals surface area contributed by atoms with Crippen LogP contribution in [-0.4, -0.2) is 7.05 Å². The number of likely N-dealkylation sites (N-methyl/N-ethyl adjacent to an activating group) is 1. The van der Waals surface area contributed by atoms with Crippen LogP contribution in [0.25, 0.3) is 0 Å². The van der Waals surface area contributed by atoms with Crippen LogP contribution in [0.4, 0.5) is 0 Å². The van der Waals surface area contributed by atoms with E-state index in [1.165, 1.54) is 11.3 Å². The fraction of sp³-hybridized carbons (Fsp3) is 0.286. The summed E-state index contributed by atoms with van der Waals surface area (Å²) in [5, 5.41) is 3.15. The Morgan fingerprint density at radius 1 is 1.40 bits per heavy atom. The third kappa shape index (κ3) is 4.50. The van der Waals surface area contributed by atoms with Crippen LogP contribution in [0.15, 0.2) is 59.9 Å². The highest BCUT2D eigenvalue weighted by atomic mass is 14.8. The highest BCUT2D eigenvalue weighted by Gasteiger charge is 1.96. The summed E-state index contributed by atoms with van der Waals surface area (Å²) in [6, 6.07) is 0. The van der Waals surface area contributed by atoms with Crippen molar-refractivity contribution in [1.82, 2.24) is 5.32 Å². The molecule has 80 valence electrons. The smallest absolute Gasteiger partial charge is 0.0300 e. The van der Waals surface area contributed by atoms with Crippen LogP contribution in [0.1, 0.15) is 19.8 Å². The van der Waals surface area contributed by atoms with E-state index in [9.17, 15) is 0 Å².